The molecule has 0 radical (unpaired) electrons. The molecular formula is C18H32ClN5O3. The molecule has 1 aliphatic carbocycles. The zero-order valence-electron chi connectivity index (χ0n) is 16.0. The van der Waals surface area contributed by atoms with Crippen LogP contribution in [0.15, 0.2) is 6.20 Å². The Labute approximate surface area is 166 Å². The maximum Gasteiger partial charge on any atom is 0.276 e. The highest BCUT2D eigenvalue weighted by Gasteiger charge is 2.43. The van der Waals surface area contributed by atoms with Gasteiger partial charge in [0.1, 0.15) is 0 Å². The lowest BCUT2D eigenvalue weighted by atomic mass is 9.74. The van der Waals surface area contributed by atoms with Crippen molar-refractivity contribution < 1.29 is 15.0 Å². The first-order valence-corrected chi connectivity index (χ1v) is 9.74. The summed E-state index contributed by atoms with van der Waals surface area (Å²) in [6.45, 7) is 2.71. The van der Waals surface area contributed by atoms with E-state index < -0.39 is 11.5 Å². The molecule has 1 saturated heterocycles. The summed E-state index contributed by atoms with van der Waals surface area (Å²) in [5.41, 5.74) is 5.65. The number of likely N-dealkylation sites (tertiary alicyclic amines) is 1. The molecule has 1 aliphatic heterocycles. The minimum atomic E-state index is -0.641. The number of halogens is 1. The second-order valence-corrected chi connectivity index (χ2v) is 7.95. The van der Waals surface area contributed by atoms with Gasteiger partial charge in [-0.1, -0.05) is 18.6 Å². The molecule has 3 rings (SSSR count). The summed E-state index contributed by atoms with van der Waals surface area (Å²) in [7, 11) is 0. The normalized spacial score (nSPS) is 31.4. The molecule has 1 aromatic rings. The van der Waals surface area contributed by atoms with Crippen LogP contribution in [0.2, 0.25) is 0 Å². The Hall–Kier alpha value is -1.22. The lowest BCUT2D eigenvalue weighted by molar-refractivity contribution is -0.0721. The highest BCUT2D eigenvalue weighted by Crippen LogP contribution is 2.35. The highest BCUT2D eigenvalue weighted by atomic mass is 35.5. The monoisotopic (exact) mass is 401 g/mol. The Morgan fingerprint density at radius 3 is 2.67 bits per heavy atom. The largest absolute Gasteiger partial charge is 0.396 e. The Morgan fingerprint density at radius 2 is 2.04 bits per heavy atom. The molecule has 154 valence electrons. The number of nitrogens with zero attached hydrogens (tertiary/aromatic N) is 4. The Morgan fingerprint density at radius 1 is 1.33 bits per heavy atom. The van der Waals surface area contributed by atoms with E-state index in [0.717, 1.165) is 32.1 Å². The zero-order valence-corrected chi connectivity index (χ0v) is 16.8. The molecule has 0 unspecified atom stereocenters. The summed E-state index contributed by atoms with van der Waals surface area (Å²) < 4.78 is 1.79. The average molecular weight is 402 g/mol. The van der Waals surface area contributed by atoms with Gasteiger partial charge < -0.3 is 20.8 Å². The fourth-order valence-corrected chi connectivity index (χ4v) is 4.38. The summed E-state index contributed by atoms with van der Waals surface area (Å²) in [5, 5.41) is 28.5. The number of nitrogens with two attached hydrogens (primary N) is 1. The van der Waals surface area contributed by atoms with Crippen molar-refractivity contribution in [1.29, 1.82) is 0 Å². The molecule has 0 spiro atoms. The van der Waals surface area contributed by atoms with Crippen molar-refractivity contribution in [1.82, 2.24) is 19.9 Å². The Kier molecular flexibility index (Phi) is 7.62. The number of carbonyl (C=O) groups is 1. The van der Waals surface area contributed by atoms with Gasteiger partial charge in [-0.2, -0.15) is 0 Å². The van der Waals surface area contributed by atoms with E-state index >= 15 is 0 Å². The average Bonchev–Trinajstić information content (AvgIpc) is 3.14. The molecule has 2 heterocycles. The van der Waals surface area contributed by atoms with E-state index in [4.69, 9.17) is 5.73 Å². The molecule has 1 aromatic heterocycles. The summed E-state index contributed by atoms with van der Waals surface area (Å²) in [6.07, 6.45) is 7.00. The summed E-state index contributed by atoms with van der Waals surface area (Å²) >= 11 is 0. The van der Waals surface area contributed by atoms with Gasteiger partial charge in [-0.25, -0.2) is 4.68 Å². The van der Waals surface area contributed by atoms with Crippen LogP contribution in [0.4, 0.5) is 0 Å². The van der Waals surface area contributed by atoms with Gasteiger partial charge in [0, 0.05) is 24.5 Å². The molecule has 27 heavy (non-hydrogen) atoms. The van der Waals surface area contributed by atoms with Gasteiger partial charge in [-0.15, -0.1) is 17.5 Å². The molecule has 8 nitrogen and oxygen atoms in total. The number of amides is 1. The summed E-state index contributed by atoms with van der Waals surface area (Å²) in [6, 6.07) is 0.518. The molecule has 9 heteroatoms. The number of aliphatic hydroxyl groups is 2. The summed E-state index contributed by atoms with van der Waals surface area (Å²) in [4.78, 5) is 14.6. The number of hydrogen-bond acceptors (Lipinski definition) is 6. The molecule has 2 aliphatic rings. The van der Waals surface area contributed by atoms with Crippen LogP contribution in [-0.4, -0.2) is 67.9 Å². The van der Waals surface area contributed by atoms with Crippen LogP contribution in [0, 0.1) is 5.41 Å². The third kappa shape index (κ3) is 4.62. The van der Waals surface area contributed by atoms with Crippen molar-refractivity contribution in [3.05, 3.63) is 11.9 Å². The third-order valence-electron chi connectivity index (χ3n) is 6.08. The molecule has 0 aromatic carbocycles. The first-order chi connectivity index (χ1) is 12.5. The number of rotatable bonds is 5. The molecule has 1 saturated carbocycles. The van der Waals surface area contributed by atoms with Gasteiger partial charge in [0.2, 0.25) is 0 Å². The van der Waals surface area contributed by atoms with Crippen molar-refractivity contribution in [2.45, 2.75) is 70.1 Å². The van der Waals surface area contributed by atoms with Gasteiger partial charge in [0.25, 0.3) is 5.91 Å². The van der Waals surface area contributed by atoms with Crippen molar-refractivity contribution in [3.63, 3.8) is 0 Å². The van der Waals surface area contributed by atoms with Crippen LogP contribution >= 0.6 is 12.4 Å². The van der Waals surface area contributed by atoms with E-state index in [-0.39, 0.29) is 37.0 Å². The molecule has 2 atom stereocenters. The van der Waals surface area contributed by atoms with E-state index in [0.29, 0.717) is 31.6 Å². The number of aliphatic hydroxyl groups excluding tert-OH is 2. The van der Waals surface area contributed by atoms with Gasteiger partial charge in [0.15, 0.2) is 5.69 Å². The molecule has 0 bridgehead atoms. The SMILES string of the molecule is CCC[C@@]1(CO)CN(C(=O)c2cn(C3CCC(N)CC3)nn2)CC[C@@H]1O.Cl. The highest BCUT2D eigenvalue weighted by molar-refractivity contribution is 5.92. The Balaban J connectivity index is 0.00000261. The minimum absolute atomic E-state index is 0. The number of hydrogen-bond donors (Lipinski definition) is 3. The van der Waals surface area contributed by atoms with Crippen LogP contribution in [-0.2, 0) is 0 Å². The third-order valence-corrected chi connectivity index (χ3v) is 6.08. The van der Waals surface area contributed by atoms with Gasteiger partial charge in [0.05, 0.1) is 24.9 Å². The van der Waals surface area contributed by atoms with Gasteiger partial charge in [-0.3, -0.25) is 4.79 Å². The first-order valence-electron chi connectivity index (χ1n) is 9.74. The number of carbonyl (C=O) groups excluding carboxylic acids is 1. The topological polar surface area (TPSA) is 118 Å². The van der Waals surface area contributed by atoms with E-state index in [1.807, 2.05) is 6.92 Å². The molecular weight excluding hydrogens is 370 g/mol. The van der Waals surface area contributed by atoms with Crippen molar-refractivity contribution >= 4 is 18.3 Å². The van der Waals surface area contributed by atoms with E-state index in [9.17, 15) is 15.0 Å². The smallest absolute Gasteiger partial charge is 0.276 e. The van der Waals surface area contributed by atoms with E-state index in [2.05, 4.69) is 10.3 Å². The van der Waals surface area contributed by atoms with Crippen LogP contribution in [0.25, 0.3) is 0 Å². The Bertz CT molecular complexity index is 620. The van der Waals surface area contributed by atoms with Crippen LogP contribution in [0.1, 0.15) is 68.4 Å². The van der Waals surface area contributed by atoms with Crippen molar-refractivity contribution in [2.24, 2.45) is 11.1 Å². The molecule has 2 fully saturated rings. The van der Waals surface area contributed by atoms with Gasteiger partial charge >= 0.3 is 0 Å². The maximum atomic E-state index is 12.9. The zero-order chi connectivity index (χ0) is 18.7. The lowest BCUT2D eigenvalue weighted by Gasteiger charge is -2.45. The van der Waals surface area contributed by atoms with Crippen molar-refractivity contribution in [3.8, 4) is 0 Å². The molecule has 1 amide bonds. The van der Waals surface area contributed by atoms with Crippen LogP contribution in [0.5, 0.6) is 0 Å². The second-order valence-electron chi connectivity index (χ2n) is 7.95. The predicted molar refractivity (Wildman–Crippen MR) is 104 cm³/mol. The lowest BCUT2D eigenvalue weighted by Crippen LogP contribution is -2.55. The van der Waals surface area contributed by atoms with E-state index in [1.165, 1.54) is 0 Å². The summed E-state index contributed by atoms with van der Waals surface area (Å²) in [5.74, 6) is -0.176. The van der Waals surface area contributed by atoms with E-state index in [1.54, 1.807) is 15.8 Å². The fourth-order valence-electron chi connectivity index (χ4n) is 4.38. The first kappa shape index (κ1) is 22.1. The quantitative estimate of drug-likeness (QED) is 0.680. The number of piperidine rings is 1. The number of aromatic nitrogens is 3. The second kappa shape index (κ2) is 9.32. The van der Waals surface area contributed by atoms with Crippen LogP contribution in [0.3, 0.4) is 0 Å². The fraction of sp³-hybridized carbons (Fsp3) is 0.833. The maximum absolute atomic E-state index is 12.9. The van der Waals surface area contributed by atoms with Crippen molar-refractivity contribution in [2.75, 3.05) is 19.7 Å². The standard InChI is InChI=1S/C18H31N5O3.ClH/c1-2-8-18(12-24)11-22(9-7-16(18)25)17(26)15-10-23(21-20-15)14-5-3-13(19)4-6-14;/h10,13-14,16,24-25H,2-9,11-12,19H2,1H3;1H/t13?,14?,16-,18-;/m0./s1. The molecule has 4 N–H and O–H groups in total. The predicted octanol–water partition coefficient (Wildman–Crippen LogP) is 1.13. The minimum Gasteiger partial charge on any atom is -0.396 e. The van der Waals surface area contributed by atoms with Crippen LogP contribution < -0.4 is 5.73 Å². The van der Waals surface area contributed by atoms with Gasteiger partial charge in [-0.05, 0) is 38.5 Å².